The van der Waals surface area contributed by atoms with Crippen LogP contribution in [0, 0.1) is 6.92 Å². The Kier molecular flexibility index (Phi) is 5.80. The van der Waals surface area contributed by atoms with E-state index in [0.717, 1.165) is 5.56 Å². The number of ether oxygens (including phenoxy) is 3. The number of methoxy groups -OCH3 is 2. The average Bonchev–Trinajstić information content (AvgIpc) is 3.13. The lowest BCUT2D eigenvalue weighted by molar-refractivity contribution is 0.102. The highest BCUT2D eigenvalue weighted by Gasteiger charge is 2.20. The standard InChI is InChI=1S/C25H23NO5/c1-16-24(25(27)26-21-11-9-18(28-2)14-23(21)29-3)20-13-19(10-12-22(20)31-16)30-15-17-7-5-4-6-8-17/h4-14H,15H2,1-3H3,(H,26,27). The first kappa shape index (κ1) is 20.3. The summed E-state index contributed by atoms with van der Waals surface area (Å²) in [6.07, 6.45) is 0. The minimum Gasteiger partial charge on any atom is -0.497 e. The molecule has 4 aromatic rings. The minimum atomic E-state index is -0.292. The Morgan fingerprint density at radius 2 is 1.71 bits per heavy atom. The highest BCUT2D eigenvalue weighted by Crippen LogP contribution is 2.33. The highest BCUT2D eigenvalue weighted by atomic mass is 16.5. The molecule has 0 radical (unpaired) electrons. The number of amides is 1. The van der Waals surface area contributed by atoms with E-state index >= 15 is 0 Å². The van der Waals surface area contributed by atoms with Gasteiger partial charge in [-0.3, -0.25) is 4.79 Å². The number of fused-ring (bicyclic) bond motifs is 1. The Balaban J connectivity index is 1.60. The molecule has 0 saturated heterocycles. The van der Waals surface area contributed by atoms with Crippen LogP contribution in [0.25, 0.3) is 11.0 Å². The van der Waals surface area contributed by atoms with E-state index in [1.807, 2.05) is 48.5 Å². The SMILES string of the molecule is COc1ccc(NC(=O)c2c(C)oc3ccc(OCc4ccccc4)cc23)c(OC)c1. The van der Waals surface area contributed by atoms with Gasteiger partial charge in [-0.05, 0) is 42.8 Å². The Morgan fingerprint density at radius 3 is 2.45 bits per heavy atom. The van der Waals surface area contributed by atoms with Crippen molar-refractivity contribution in [2.45, 2.75) is 13.5 Å². The van der Waals surface area contributed by atoms with Crippen LogP contribution >= 0.6 is 0 Å². The fourth-order valence-corrected chi connectivity index (χ4v) is 3.40. The summed E-state index contributed by atoms with van der Waals surface area (Å²) < 4.78 is 22.3. The third-order valence-corrected chi connectivity index (χ3v) is 4.97. The molecule has 1 amide bonds. The maximum absolute atomic E-state index is 13.1. The zero-order valence-corrected chi connectivity index (χ0v) is 17.6. The van der Waals surface area contributed by atoms with Crippen LogP contribution in [0.3, 0.4) is 0 Å². The number of benzene rings is 3. The molecular formula is C25H23NO5. The van der Waals surface area contributed by atoms with Crippen molar-refractivity contribution in [1.82, 2.24) is 0 Å². The van der Waals surface area contributed by atoms with Crippen LogP contribution in [0.1, 0.15) is 21.7 Å². The van der Waals surface area contributed by atoms with Gasteiger partial charge < -0.3 is 23.9 Å². The number of rotatable bonds is 7. The Labute approximate surface area is 180 Å². The summed E-state index contributed by atoms with van der Waals surface area (Å²) in [5, 5.41) is 3.59. The van der Waals surface area contributed by atoms with Crippen molar-refractivity contribution in [2.24, 2.45) is 0 Å². The summed E-state index contributed by atoms with van der Waals surface area (Å²) >= 11 is 0. The van der Waals surface area contributed by atoms with E-state index in [1.54, 1.807) is 39.3 Å². The van der Waals surface area contributed by atoms with Crippen molar-refractivity contribution in [3.05, 3.63) is 83.6 Å². The molecule has 6 heteroatoms. The van der Waals surface area contributed by atoms with Crippen molar-refractivity contribution in [1.29, 1.82) is 0 Å². The number of anilines is 1. The second-order valence-electron chi connectivity index (χ2n) is 6.99. The van der Waals surface area contributed by atoms with Crippen molar-refractivity contribution in [3.8, 4) is 17.2 Å². The fourth-order valence-electron chi connectivity index (χ4n) is 3.40. The summed E-state index contributed by atoms with van der Waals surface area (Å²) in [6, 6.07) is 20.6. The van der Waals surface area contributed by atoms with E-state index in [4.69, 9.17) is 18.6 Å². The van der Waals surface area contributed by atoms with Gasteiger partial charge in [-0.2, -0.15) is 0 Å². The molecule has 1 heterocycles. The lowest BCUT2D eigenvalue weighted by atomic mass is 10.1. The predicted molar refractivity (Wildman–Crippen MR) is 119 cm³/mol. The topological polar surface area (TPSA) is 69.9 Å². The van der Waals surface area contributed by atoms with E-state index in [0.29, 0.717) is 51.8 Å². The largest absolute Gasteiger partial charge is 0.497 e. The highest BCUT2D eigenvalue weighted by molar-refractivity contribution is 6.13. The number of furan rings is 1. The smallest absolute Gasteiger partial charge is 0.259 e. The van der Waals surface area contributed by atoms with E-state index < -0.39 is 0 Å². The molecule has 3 aromatic carbocycles. The Hall–Kier alpha value is -3.93. The lowest BCUT2D eigenvalue weighted by Crippen LogP contribution is -2.13. The fraction of sp³-hybridized carbons (Fsp3) is 0.160. The quantitative estimate of drug-likeness (QED) is 0.424. The van der Waals surface area contributed by atoms with Crippen LogP contribution in [-0.2, 0) is 6.61 Å². The molecule has 0 fully saturated rings. The third kappa shape index (κ3) is 4.33. The first-order valence-electron chi connectivity index (χ1n) is 9.82. The summed E-state index contributed by atoms with van der Waals surface area (Å²) in [6.45, 7) is 2.21. The Morgan fingerprint density at radius 1 is 0.935 bits per heavy atom. The second-order valence-corrected chi connectivity index (χ2v) is 6.99. The number of hydrogen-bond acceptors (Lipinski definition) is 5. The van der Waals surface area contributed by atoms with Gasteiger partial charge in [0.25, 0.3) is 5.91 Å². The molecule has 0 atom stereocenters. The normalized spacial score (nSPS) is 10.7. The zero-order valence-electron chi connectivity index (χ0n) is 17.6. The summed E-state index contributed by atoms with van der Waals surface area (Å²) in [5.41, 5.74) is 2.68. The van der Waals surface area contributed by atoms with Crippen LogP contribution in [-0.4, -0.2) is 20.1 Å². The van der Waals surface area contributed by atoms with Gasteiger partial charge in [-0.25, -0.2) is 0 Å². The van der Waals surface area contributed by atoms with Gasteiger partial charge in [0.1, 0.15) is 35.2 Å². The molecule has 0 bridgehead atoms. The van der Waals surface area contributed by atoms with E-state index in [2.05, 4.69) is 5.32 Å². The molecule has 4 rings (SSSR count). The first-order valence-corrected chi connectivity index (χ1v) is 9.82. The Bertz CT molecular complexity index is 1210. The van der Waals surface area contributed by atoms with Crippen LogP contribution in [0.5, 0.6) is 17.2 Å². The summed E-state index contributed by atoms with van der Waals surface area (Å²) in [7, 11) is 3.12. The first-order chi connectivity index (χ1) is 15.1. The zero-order chi connectivity index (χ0) is 21.8. The van der Waals surface area contributed by atoms with Gasteiger partial charge >= 0.3 is 0 Å². The molecule has 0 unspecified atom stereocenters. The molecule has 0 saturated carbocycles. The van der Waals surface area contributed by atoms with Gasteiger partial charge in [0, 0.05) is 11.5 Å². The van der Waals surface area contributed by atoms with Gasteiger partial charge in [-0.15, -0.1) is 0 Å². The van der Waals surface area contributed by atoms with Gasteiger partial charge in [0.15, 0.2) is 0 Å². The molecule has 31 heavy (non-hydrogen) atoms. The van der Waals surface area contributed by atoms with Crippen LogP contribution in [0.4, 0.5) is 5.69 Å². The van der Waals surface area contributed by atoms with Crippen molar-refractivity contribution in [3.63, 3.8) is 0 Å². The van der Waals surface area contributed by atoms with Crippen molar-refractivity contribution >= 4 is 22.6 Å². The number of carbonyl (C=O) groups is 1. The van der Waals surface area contributed by atoms with Gasteiger partial charge in [0.2, 0.25) is 0 Å². The summed E-state index contributed by atoms with van der Waals surface area (Å²) in [5.74, 6) is 2.04. The van der Waals surface area contributed by atoms with Gasteiger partial charge in [-0.1, -0.05) is 30.3 Å². The molecule has 1 N–H and O–H groups in total. The van der Waals surface area contributed by atoms with Crippen LogP contribution in [0.15, 0.2) is 71.1 Å². The number of carbonyl (C=O) groups excluding carboxylic acids is 1. The van der Waals surface area contributed by atoms with Crippen molar-refractivity contribution in [2.75, 3.05) is 19.5 Å². The van der Waals surface area contributed by atoms with Crippen molar-refractivity contribution < 1.29 is 23.4 Å². The lowest BCUT2D eigenvalue weighted by Gasteiger charge is -2.11. The minimum absolute atomic E-state index is 0.292. The molecule has 0 aliphatic carbocycles. The average molecular weight is 417 g/mol. The van der Waals surface area contributed by atoms with Crippen LogP contribution in [0.2, 0.25) is 0 Å². The van der Waals surface area contributed by atoms with E-state index in [1.165, 1.54) is 0 Å². The monoisotopic (exact) mass is 417 g/mol. The van der Waals surface area contributed by atoms with E-state index in [-0.39, 0.29) is 5.91 Å². The molecule has 6 nitrogen and oxygen atoms in total. The maximum atomic E-state index is 13.1. The summed E-state index contributed by atoms with van der Waals surface area (Å²) in [4.78, 5) is 13.1. The van der Waals surface area contributed by atoms with Crippen LogP contribution < -0.4 is 19.5 Å². The molecule has 0 aliphatic rings. The molecule has 0 spiro atoms. The number of hydrogen-bond donors (Lipinski definition) is 1. The molecule has 1 aromatic heterocycles. The maximum Gasteiger partial charge on any atom is 0.259 e. The predicted octanol–water partition coefficient (Wildman–Crippen LogP) is 5.59. The van der Waals surface area contributed by atoms with E-state index in [9.17, 15) is 4.79 Å². The molecular weight excluding hydrogens is 394 g/mol. The third-order valence-electron chi connectivity index (χ3n) is 4.97. The molecule has 158 valence electrons. The molecule has 0 aliphatic heterocycles. The second kappa shape index (κ2) is 8.83. The number of nitrogens with one attached hydrogen (secondary N) is 1. The van der Waals surface area contributed by atoms with Gasteiger partial charge in [0.05, 0.1) is 25.5 Å². The number of aryl methyl sites for hydroxylation is 1.